The first kappa shape index (κ1) is 24.9. The van der Waals surface area contributed by atoms with Crippen molar-refractivity contribution in [3.05, 3.63) is 86.6 Å². The number of hydrogen-bond acceptors (Lipinski definition) is 6. The Labute approximate surface area is 211 Å². The molecule has 0 aliphatic heterocycles. The highest BCUT2D eigenvalue weighted by Crippen LogP contribution is 2.34. The Morgan fingerprint density at radius 1 is 1.17 bits per heavy atom. The van der Waals surface area contributed by atoms with Crippen molar-refractivity contribution in [3.63, 3.8) is 0 Å². The van der Waals surface area contributed by atoms with Crippen LogP contribution in [0.15, 0.2) is 75.0 Å². The molecule has 3 aromatic carbocycles. The normalized spacial score (nSPS) is 11.6. The lowest BCUT2D eigenvalue weighted by molar-refractivity contribution is -0.137. The molecule has 0 unspecified atom stereocenters. The maximum absolute atomic E-state index is 13.4. The molecule has 0 fully saturated rings. The highest BCUT2D eigenvalue weighted by molar-refractivity contribution is 9.10. The topological polar surface area (TPSA) is 89.5 Å². The number of benzene rings is 3. The average molecular weight is 557 g/mol. The van der Waals surface area contributed by atoms with Crippen LogP contribution in [-0.4, -0.2) is 29.6 Å². The van der Waals surface area contributed by atoms with Crippen LogP contribution in [0.5, 0.6) is 11.5 Å². The first-order valence-electron chi connectivity index (χ1n) is 10.3. The third-order valence-electron chi connectivity index (χ3n) is 5.06. The Kier molecular flexibility index (Phi) is 7.07. The van der Waals surface area contributed by atoms with Gasteiger partial charge in [0.15, 0.2) is 23.9 Å². The van der Waals surface area contributed by atoms with Gasteiger partial charge in [-0.15, -0.1) is 0 Å². The molecule has 1 heterocycles. The van der Waals surface area contributed by atoms with Crippen LogP contribution in [0.1, 0.15) is 11.1 Å². The van der Waals surface area contributed by atoms with Crippen LogP contribution in [-0.2, 0) is 6.18 Å². The summed E-state index contributed by atoms with van der Waals surface area (Å²) >= 11 is 3.36. The van der Waals surface area contributed by atoms with Gasteiger partial charge in [-0.1, -0.05) is 40.2 Å². The van der Waals surface area contributed by atoms with Crippen LogP contribution in [0.4, 0.5) is 13.2 Å². The zero-order valence-corrected chi connectivity index (χ0v) is 20.2. The van der Waals surface area contributed by atoms with Gasteiger partial charge in [-0.05, 0) is 36.4 Å². The fourth-order valence-electron chi connectivity index (χ4n) is 3.47. The second-order valence-electron chi connectivity index (χ2n) is 7.37. The first-order chi connectivity index (χ1) is 17.2. The molecule has 0 aliphatic rings. The Bertz CT molecular complexity index is 1580. The molecule has 0 atom stereocenters. The number of fused-ring (bicyclic) bond motifs is 1. The van der Waals surface area contributed by atoms with Crippen LogP contribution in [0, 0.1) is 11.3 Å². The summed E-state index contributed by atoms with van der Waals surface area (Å²) in [6.07, 6.45) is -3.30. The summed E-state index contributed by atoms with van der Waals surface area (Å²) in [6, 6.07) is 16.1. The van der Waals surface area contributed by atoms with E-state index in [9.17, 15) is 18.0 Å². The molecule has 0 amide bonds. The summed E-state index contributed by atoms with van der Waals surface area (Å²) in [4.78, 5) is 17.8. The zero-order chi connectivity index (χ0) is 25.9. The highest BCUT2D eigenvalue weighted by atomic mass is 79.9. The lowest BCUT2D eigenvalue weighted by atomic mass is 10.1. The van der Waals surface area contributed by atoms with Gasteiger partial charge in [0, 0.05) is 15.6 Å². The number of halogens is 4. The number of rotatable bonds is 6. The van der Waals surface area contributed by atoms with Crippen LogP contribution < -0.4 is 15.0 Å². The number of alkyl halides is 3. The Balaban J connectivity index is 1.94. The minimum atomic E-state index is -4.58. The molecule has 0 saturated carbocycles. The van der Waals surface area contributed by atoms with Crippen molar-refractivity contribution in [1.29, 1.82) is 5.26 Å². The summed E-state index contributed by atoms with van der Waals surface area (Å²) in [5, 5.41) is 13.4. The zero-order valence-electron chi connectivity index (χ0n) is 18.6. The highest BCUT2D eigenvalue weighted by Gasteiger charge is 2.31. The molecule has 0 N–H and O–H groups in total. The van der Waals surface area contributed by atoms with Crippen molar-refractivity contribution < 1.29 is 22.6 Å². The molecule has 11 heteroatoms. The van der Waals surface area contributed by atoms with E-state index in [0.717, 1.165) is 16.8 Å². The van der Waals surface area contributed by atoms with Crippen LogP contribution in [0.25, 0.3) is 22.3 Å². The van der Waals surface area contributed by atoms with Crippen LogP contribution >= 0.6 is 15.9 Å². The van der Waals surface area contributed by atoms with Gasteiger partial charge in [0.2, 0.25) is 0 Å². The SMILES string of the molecule is COc1cc(Br)cc(C=Nn2c(-c3cccc(C(F)(F)F)c3)nc3ccccc3c2=O)c1OCC#N. The van der Waals surface area contributed by atoms with Gasteiger partial charge in [0.05, 0.1) is 29.8 Å². The summed E-state index contributed by atoms with van der Waals surface area (Å²) in [5.41, 5.74) is -0.750. The number of methoxy groups -OCH3 is 1. The third-order valence-corrected chi connectivity index (χ3v) is 5.52. The molecule has 36 heavy (non-hydrogen) atoms. The van der Waals surface area contributed by atoms with Gasteiger partial charge in [0.1, 0.15) is 6.07 Å². The molecular weight excluding hydrogens is 541 g/mol. The summed E-state index contributed by atoms with van der Waals surface area (Å²) in [6.45, 7) is -0.272. The van der Waals surface area contributed by atoms with Gasteiger partial charge >= 0.3 is 6.18 Å². The van der Waals surface area contributed by atoms with Gasteiger partial charge in [-0.3, -0.25) is 4.79 Å². The Hall–Kier alpha value is -4.17. The first-order valence-corrected chi connectivity index (χ1v) is 11.1. The Morgan fingerprint density at radius 2 is 1.94 bits per heavy atom. The summed E-state index contributed by atoms with van der Waals surface area (Å²) in [5.74, 6) is 0.430. The summed E-state index contributed by atoms with van der Waals surface area (Å²) < 4.78 is 52.5. The quantitative estimate of drug-likeness (QED) is 0.287. The van der Waals surface area contributed by atoms with E-state index < -0.39 is 17.3 Å². The minimum Gasteiger partial charge on any atom is -0.493 e. The molecule has 0 saturated heterocycles. The number of ether oxygens (including phenoxy) is 2. The van der Waals surface area contributed by atoms with Crippen molar-refractivity contribution >= 4 is 33.0 Å². The molecule has 182 valence electrons. The average Bonchev–Trinajstić information content (AvgIpc) is 2.86. The second kappa shape index (κ2) is 10.2. The standard InChI is InChI=1S/C25H16BrF3N4O3/c1-35-21-13-18(26)12-16(22(21)36-10-9-30)14-31-33-23(15-5-4-6-17(11-15)25(27,28)29)32-20-8-3-2-7-19(20)24(33)34/h2-8,11-14H,10H2,1H3. The van der Waals surface area contributed by atoms with Gasteiger partial charge in [-0.25, -0.2) is 4.98 Å². The molecular formula is C25H16BrF3N4O3. The summed E-state index contributed by atoms with van der Waals surface area (Å²) in [7, 11) is 1.42. The second-order valence-corrected chi connectivity index (χ2v) is 8.28. The number of hydrogen-bond donors (Lipinski definition) is 0. The maximum Gasteiger partial charge on any atom is 0.416 e. The van der Waals surface area contributed by atoms with Gasteiger partial charge in [-0.2, -0.15) is 28.2 Å². The molecule has 4 rings (SSSR count). The van der Waals surface area contributed by atoms with E-state index >= 15 is 0 Å². The van der Waals surface area contributed by atoms with Crippen molar-refractivity contribution in [1.82, 2.24) is 9.66 Å². The van der Waals surface area contributed by atoms with E-state index in [2.05, 4.69) is 26.0 Å². The van der Waals surface area contributed by atoms with E-state index in [4.69, 9.17) is 14.7 Å². The number of para-hydroxylation sites is 1. The van der Waals surface area contributed by atoms with E-state index in [1.807, 2.05) is 6.07 Å². The van der Waals surface area contributed by atoms with Crippen molar-refractivity contribution in [3.8, 4) is 29.0 Å². The monoisotopic (exact) mass is 556 g/mol. The van der Waals surface area contributed by atoms with Crippen LogP contribution in [0.3, 0.4) is 0 Å². The maximum atomic E-state index is 13.4. The smallest absolute Gasteiger partial charge is 0.416 e. The number of nitriles is 1. The van der Waals surface area contributed by atoms with Crippen molar-refractivity contribution in [2.75, 3.05) is 13.7 Å². The predicted octanol–water partition coefficient (Wildman–Crippen LogP) is 5.64. The van der Waals surface area contributed by atoms with Crippen molar-refractivity contribution in [2.45, 2.75) is 6.18 Å². The molecule has 0 aliphatic carbocycles. The van der Waals surface area contributed by atoms with E-state index in [1.165, 1.54) is 25.5 Å². The largest absolute Gasteiger partial charge is 0.493 e. The van der Waals surface area contributed by atoms with E-state index in [0.29, 0.717) is 21.3 Å². The number of nitrogens with zero attached hydrogens (tertiary/aromatic N) is 4. The van der Waals surface area contributed by atoms with Crippen molar-refractivity contribution in [2.24, 2.45) is 5.10 Å². The molecule has 4 aromatic rings. The lowest BCUT2D eigenvalue weighted by Crippen LogP contribution is -2.20. The van der Waals surface area contributed by atoms with Gasteiger partial charge < -0.3 is 9.47 Å². The van der Waals surface area contributed by atoms with E-state index in [1.54, 1.807) is 36.4 Å². The molecule has 1 aromatic heterocycles. The third kappa shape index (κ3) is 5.08. The Morgan fingerprint density at radius 3 is 2.67 bits per heavy atom. The van der Waals surface area contributed by atoms with Crippen LogP contribution in [0.2, 0.25) is 0 Å². The fourth-order valence-corrected chi connectivity index (χ4v) is 3.92. The van der Waals surface area contributed by atoms with Gasteiger partial charge in [0.25, 0.3) is 5.56 Å². The molecule has 0 bridgehead atoms. The fraction of sp³-hybridized carbons (Fsp3) is 0.120. The van der Waals surface area contributed by atoms with E-state index in [-0.39, 0.29) is 29.1 Å². The lowest BCUT2D eigenvalue weighted by Gasteiger charge is -2.13. The molecule has 0 radical (unpaired) electrons. The minimum absolute atomic E-state index is 0.0533. The molecule has 0 spiro atoms. The predicted molar refractivity (Wildman–Crippen MR) is 131 cm³/mol. The molecule has 7 nitrogen and oxygen atoms in total. The number of aromatic nitrogens is 2.